The Hall–Kier alpha value is -0.880. The van der Waals surface area contributed by atoms with E-state index in [4.69, 9.17) is 16.7 Å². The Morgan fingerprint density at radius 3 is 3.07 bits per heavy atom. The zero-order valence-corrected chi connectivity index (χ0v) is 8.75. The van der Waals surface area contributed by atoms with Crippen LogP contribution in [-0.2, 0) is 0 Å². The van der Waals surface area contributed by atoms with Gasteiger partial charge in [0.1, 0.15) is 0 Å². The van der Waals surface area contributed by atoms with Gasteiger partial charge in [-0.1, -0.05) is 0 Å². The van der Waals surface area contributed by atoms with Gasteiger partial charge in [0.2, 0.25) is 4.47 Å². The van der Waals surface area contributed by atoms with E-state index < -0.39 is 6.09 Å². The number of halogens is 1. The van der Waals surface area contributed by atoms with Crippen LogP contribution in [-0.4, -0.2) is 32.0 Å². The number of aromatic nitrogens is 2. The monoisotopic (exact) mass is 233 g/mol. The molecule has 1 amide bonds. The summed E-state index contributed by atoms with van der Waals surface area (Å²) in [6, 6.07) is -0.212. The molecule has 0 spiro atoms. The highest BCUT2D eigenvalue weighted by atomic mass is 35.5. The van der Waals surface area contributed by atoms with E-state index in [1.807, 2.05) is 0 Å². The Kier molecular flexibility index (Phi) is 2.56. The molecule has 0 aromatic carbocycles. The van der Waals surface area contributed by atoms with Crippen LogP contribution in [0.1, 0.15) is 24.7 Å². The number of hydrogen-bond donors (Lipinski definition) is 1. The summed E-state index contributed by atoms with van der Waals surface area (Å²) in [4.78, 5) is 16.2. The highest BCUT2D eigenvalue weighted by Gasteiger charge is 2.32. The lowest BCUT2D eigenvalue weighted by molar-refractivity contribution is 0.139. The van der Waals surface area contributed by atoms with Crippen molar-refractivity contribution < 1.29 is 9.90 Å². The third kappa shape index (κ3) is 1.67. The third-order valence-electron chi connectivity index (χ3n) is 2.21. The van der Waals surface area contributed by atoms with Crippen LogP contribution in [0.25, 0.3) is 0 Å². The van der Waals surface area contributed by atoms with E-state index in [0.29, 0.717) is 16.8 Å². The summed E-state index contributed by atoms with van der Waals surface area (Å²) in [7, 11) is 0. The molecule has 1 aromatic heterocycles. The van der Waals surface area contributed by atoms with Gasteiger partial charge in [0, 0.05) is 6.54 Å². The summed E-state index contributed by atoms with van der Waals surface area (Å²) in [5, 5.41) is 8.89. The van der Waals surface area contributed by atoms with Gasteiger partial charge in [0.05, 0.1) is 6.04 Å². The first-order valence-electron chi connectivity index (χ1n) is 4.17. The van der Waals surface area contributed by atoms with E-state index >= 15 is 0 Å². The van der Waals surface area contributed by atoms with E-state index in [0.717, 1.165) is 24.4 Å². The molecule has 14 heavy (non-hydrogen) atoms. The number of carboxylic acid groups (broad SMARTS) is 1. The summed E-state index contributed by atoms with van der Waals surface area (Å²) in [6.45, 7) is 0.552. The van der Waals surface area contributed by atoms with Gasteiger partial charge in [-0.3, -0.25) is 4.90 Å². The van der Waals surface area contributed by atoms with Crippen LogP contribution in [0.5, 0.6) is 0 Å². The molecule has 7 heteroatoms. The molecular weight excluding hydrogens is 226 g/mol. The highest BCUT2D eigenvalue weighted by Crippen LogP contribution is 2.31. The number of carbonyl (C=O) groups is 1. The largest absolute Gasteiger partial charge is 0.465 e. The Bertz CT molecular complexity index is 356. The van der Waals surface area contributed by atoms with Crippen molar-refractivity contribution in [2.24, 2.45) is 0 Å². The molecule has 1 unspecified atom stereocenters. The van der Waals surface area contributed by atoms with E-state index in [1.54, 1.807) is 0 Å². The van der Waals surface area contributed by atoms with Crippen LogP contribution < -0.4 is 0 Å². The molecule has 1 aromatic rings. The molecule has 1 atom stereocenters. The van der Waals surface area contributed by atoms with E-state index in [9.17, 15) is 4.79 Å². The molecule has 76 valence electrons. The first-order chi connectivity index (χ1) is 6.68. The minimum Gasteiger partial charge on any atom is -0.465 e. The molecule has 0 bridgehead atoms. The van der Waals surface area contributed by atoms with Crippen molar-refractivity contribution in [2.75, 3.05) is 6.54 Å². The maximum atomic E-state index is 10.8. The van der Waals surface area contributed by atoms with Gasteiger partial charge in [-0.15, -0.1) is 0 Å². The molecule has 1 aliphatic rings. The first kappa shape index (κ1) is 9.67. The molecule has 5 nitrogen and oxygen atoms in total. The smallest absolute Gasteiger partial charge is 0.407 e. The molecule has 1 fully saturated rings. The second-order valence-electron chi connectivity index (χ2n) is 3.04. The van der Waals surface area contributed by atoms with Crippen LogP contribution >= 0.6 is 23.1 Å². The zero-order chi connectivity index (χ0) is 10.1. The number of hydrogen-bond acceptors (Lipinski definition) is 4. The molecule has 0 aliphatic carbocycles. The summed E-state index contributed by atoms with van der Waals surface area (Å²) in [5.41, 5.74) is 0. The van der Waals surface area contributed by atoms with Crippen molar-refractivity contribution in [1.29, 1.82) is 0 Å². The number of nitrogens with zero attached hydrogens (tertiary/aromatic N) is 3. The molecular formula is C7H8ClN3O2S. The normalized spacial score (nSPS) is 21.5. The quantitative estimate of drug-likeness (QED) is 0.806. The van der Waals surface area contributed by atoms with Crippen molar-refractivity contribution in [3.05, 3.63) is 10.3 Å². The lowest BCUT2D eigenvalue weighted by Gasteiger charge is -2.18. The van der Waals surface area contributed by atoms with Crippen LogP contribution in [0.3, 0.4) is 0 Å². The molecule has 1 N–H and O–H groups in total. The zero-order valence-electron chi connectivity index (χ0n) is 7.18. The van der Waals surface area contributed by atoms with Crippen molar-refractivity contribution in [1.82, 2.24) is 14.3 Å². The summed E-state index contributed by atoms with van der Waals surface area (Å²) < 4.78 is 4.38. The minimum atomic E-state index is -0.918. The molecule has 2 heterocycles. The summed E-state index contributed by atoms with van der Waals surface area (Å²) in [5.74, 6) is 0.528. The standard InChI is InChI=1S/C7H8ClN3O2S/c8-6-9-5(10-14-6)4-2-1-3-11(4)7(12)13/h4H,1-3H2,(H,12,13). The predicted molar refractivity (Wildman–Crippen MR) is 51.6 cm³/mol. The molecule has 0 saturated carbocycles. The Labute approximate surface area is 89.5 Å². The van der Waals surface area contributed by atoms with Crippen LogP contribution in [0.2, 0.25) is 4.47 Å². The van der Waals surface area contributed by atoms with E-state index in [1.165, 1.54) is 4.90 Å². The summed E-state index contributed by atoms with van der Waals surface area (Å²) in [6.07, 6.45) is 0.714. The average molecular weight is 234 g/mol. The molecule has 0 radical (unpaired) electrons. The first-order valence-corrected chi connectivity index (χ1v) is 5.32. The number of amides is 1. The van der Waals surface area contributed by atoms with Crippen LogP contribution in [0, 0.1) is 0 Å². The second kappa shape index (κ2) is 3.70. The van der Waals surface area contributed by atoms with E-state index in [-0.39, 0.29) is 6.04 Å². The SMILES string of the molecule is O=C(O)N1CCCC1c1nsc(Cl)n1. The Morgan fingerprint density at radius 1 is 1.71 bits per heavy atom. The fourth-order valence-electron chi connectivity index (χ4n) is 1.61. The van der Waals surface area contributed by atoms with Crippen molar-refractivity contribution in [3.8, 4) is 0 Å². The van der Waals surface area contributed by atoms with Gasteiger partial charge in [-0.25, -0.2) is 9.78 Å². The maximum Gasteiger partial charge on any atom is 0.407 e. The molecule has 2 rings (SSSR count). The maximum absolute atomic E-state index is 10.8. The lowest BCUT2D eigenvalue weighted by Crippen LogP contribution is -2.29. The second-order valence-corrected chi connectivity index (χ2v) is 4.37. The van der Waals surface area contributed by atoms with Gasteiger partial charge >= 0.3 is 6.09 Å². The predicted octanol–water partition coefficient (Wildman–Crippen LogP) is 2.01. The van der Waals surface area contributed by atoms with Gasteiger partial charge in [0.25, 0.3) is 0 Å². The van der Waals surface area contributed by atoms with Gasteiger partial charge in [0.15, 0.2) is 5.82 Å². The van der Waals surface area contributed by atoms with Crippen molar-refractivity contribution in [2.45, 2.75) is 18.9 Å². The van der Waals surface area contributed by atoms with Crippen molar-refractivity contribution >= 4 is 29.2 Å². The average Bonchev–Trinajstić information content (AvgIpc) is 2.70. The number of rotatable bonds is 1. The Balaban J connectivity index is 2.21. The minimum absolute atomic E-state index is 0.212. The Morgan fingerprint density at radius 2 is 2.50 bits per heavy atom. The van der Waals surface area contributed by atoms with E-state index in [2.05, 4.69) is 9.36 Å². The van der Waals surface area contributed by atoms with Gasteiger partial charge in [-0.05, 0) is 36.0 Å². The number of likely N-dealkylation sites (tertiary alicyclic amines) is 1. The fourth-order valence-corrected chi connectivity index (χ4v) is 2.27. The highest BCUT2D eigenvalue weighted by molar-refractivity contribution is 7.10. The third-order valence-corrected chi connectivity index (χ3v) is 3.03. The van der Waals surface area contributed by atoms with Crippen molar-refractivity contribution in [3.63, 3.8) is 0 Å². The van der Waals surface area contributed by atoms with Gasteiger partial charge in [-0.2, -0.15) is 4.37 Å². The molecule has 1 aliphatic heterocycles. The van der Waals surface area contributed by atoms with Crippen LogP contribution in [0.15, 0.2) is 0 Å². The fraction of sp³-hybridized carbons (Fsp3) is 0.571. The topological polar surface area (TPSA) is 66.3 Å². The molecule has 1 saturated heterocycles. The summed E-state index contributed by atoms with van der Waals surface area (Å²) >= 11 is 6.73. The van der Waals surface area contributed by atoms with Crippen LogP contribution in [0.4, 0.5) is 4.79 Å². The van der Waals surface area contributed by atoms with Gasteiger partial charge < -0.3 is 5.11 Å². The lowest BCUT2D eigenvalue weighted by atomic mass is 10.2.